The summed E-state index contributed by atoms with van der Waals surface area (Å²) in [6.45, 7) is 0.703. The molecule has 1 amide bonds. The number of halogens is 1. The molecule has 7 heteroatoms. The second kappa shape index (κ2) is 11.8. The number of hydrogen-bond donors (Lipinski definition) is 1. The van der Waals surface area contributed by atoms with Gasteiger partial charge in [0.1, 0.15) is 19.0 Å². The fourth-order valence-electron chi connectivity index (χ4n) is 2.50. The lowest BCUT2D eigenvalue weighted by Crippen LogP contribution is -2.40. The standard InChI is InChI=1S/C22H24ClNO5/c1-4-13-28-19-10-5-16(14-20(19)26-2)11-12-24-22(25)21(27-3)15-29-18-8-6-17(23)7-9-18/h1,5-10,14,21H,11-13,15H2,2-3H3,(H,24,25)/t21-/m1/s1. The van der Waals surface area contributed by atoms with Gasteiger partial charge < -0.3 is 24.3 Å². The maximum Gasteiger partial charge on any atom is 0.252 e. The fourth-order valence-corrected chi connectivity index (χ4v) is 2.63. The van der Waals surface area contributed by atoms with E-state index in [2.05, 4.69) is 11.2 Å². The topological polar surface area (TPSA) is 66.0 Å². The number of nitrogens with one attached hydrogen (secondary N) is 1. The molecule has 0 aliphatic heterocycles. The van der Waals surface area contributed by atoms with Gasteiger partial charge in [-0.3, -0.25) is 4.79 Å². The lowest BCUT2D eigenvalue weighted by molar-refractivity contribution is -0.132. The van der Waals surface area contributed by atoms with Gasteiger partial charge in [0.2, 0.25) is 0 Å². The highest BCUT2D eigenvalue weighted by atomic mass is 35.5. The van der Waals surface area contributed by atoms with Crippen LogP contribution in [0.4, 0.5) is 0 Å². The van der Waals surface area contributed by atoms with E-state index in [0.717, 1.165) is 5.56 Å². The van der Waals surface area contributed by atoms with Gasteiger partial charge in [0.15, 0.2) is 17.6 Å². The van der Waals surface area contributed by atoms with E-state index in [0.29, 0.717) is 35.2 Å². The van der Waals surface area contributed by atoms with E-state index in [4.69, 9.17) is 37.0 Å². The van der Waals surface area contributed by atoms with Gasteiger partial charge in [0, 0.05) is 18.7 Å². The minimum atomic E-state index is -0.722. The van der Waals surface area contributed by atoms with Gasteiger partial charge in [-0.1, -0.05) is 23.6 Å². The van der Waals surface area contributed by atoms with Gasteiger partial charge in [-0.05, 0) is 48.4 Å². The van der Waals surface area contributed by atoms with Crippen molar-refractivity contribution < 1.29 is 23.7 Å². The Morgan fingerprint density at radius 1 is 1.14 bits per heavy atom. The molecule has 0 bridgehead atoms. The summed E-state index contributed by atoms with van der Waals surface area (Å²) >= 11 is 5.84. The number of carbonyl (C=O) groups excluding carboxylic acids is 1. The zero-order valence-corrected chi connectivity index (χ0v) is 17.2. The molecule has 0 heterocycles. The Morgan fingerprint density at radius 2 is 1.90 bits per heavy atom. The number of ether oxygens (including phenoxy) is 4. The van der Waals surface area contributed by atoms with E-state index in [1.807, 2.05) is 12.1 Å². The highest BCUT2D eigenvalue weighted by molar-refractivity contribution is 6.30. The summed E-state index contributed by atoms with van der Waals surface area (Å²) < 4.78 is 21.6. The highest BCUT2D eigenvalue weighted by Crippen LogP contribution is 2.28. The average molecular weight is 418 g/mol. The molecule has 0 spiro atoms. The third-order valence-corrected chi connectivity index (χ3v) is 4.30. The van der Waals surface area contributed by atoms with Crippen LogP contribution < -0.4 is 19.5 Å². The number of carbonyl (C=O) groups is 1. The number of terminal acetylenes is 1. The largest absolute Gasteiger partial charge is 0.493 e. The first-order valence-electron chi connectivity index (χ1n) is 8.99. The molecule has 6 nitrogen and oxygen atoms in total. The van der Waals surface area contributed by atoms with Gasteiger partial charge in [-0.25, -0.2) is 0 Å². The molecule has 0 aromatic heterocycles. The summed E-state index contributed by atoms with van der Waals surface area (Å²) in [5.41, 5.74) is 0.988. The molecule has 1 N–H and O–H groups in total. The predicted molar refractivity (Wildman–Crippen MR) is 112 cm³/mol. The van der Waals surface area contributed by atoms with Crippen molar-refractivity contribution in [3.63, 3.8) is 0 Å². The first kappa shape index (κ1) is 22.4. The Hall–Kier alpha value is -2.88. The third-order valence-electron chi connectivity index (χ3n) is 4.04. The monoisotopic (exact) mass is 417 g/mol. The second-order valence-corrected chi connectivity index (χ2v) is 6.44. The Morgan fingerprint density at radius 3 is 2.55 bits per heavy atom. The lowest BCUT2D eigenvalue weighted by Gasteiger charge is -2.16. The van der Waals surface area contributed by atoms with Crippen LogP contribution in [0.3, 0.4) is 0 Å². The smallest absolute Gasteiger partial charge is 0.252 e. The van der Waals surface area contributed by atoms with E-state index < -0.39 is 6.10 Å². The van der Waals surface area contributed by atoms with Crippen LogP contribution in [0.5, 0.6) is 17.2 Å². The predicted octanol–water partition coefficient (Wildman–Crippen LogP) is 3.11. The molecule has 1 atom stereocenters. The molecule has 0 radical (unpaired) electrons. The maximum absolute atomic E-state index is 12.3. The summed E-state index contributed by atoms with van der Waals surface area (Å²) in [7, 11) is 3.03. The van der Waals surface area contributed by atoms with Crippen molar-refractivity contribution in [1.82, 2.24) is 5.32 Å². The quantitative estimate of drug-likeness (QED) is 0.569. The summed E-state index contributed by atoms with van der Waals surface area (Å²) in [6, 6.07) is 12.5. The first-order valence-corrected chi connectivity index (χ1v) is 9.37. The van der Waals surface area contributed by atoms with E-state index in [-0.39, 0.29) is 19.1 Å². The molecule has 2 aromatic carbocycles. The summed E-state index contributed by atoms with van der Waals surface area (Å²) in [4.78, 5) is 12.3. The molecule has 154 valence electrons. The Balaban J connectivity index is 1.82. The molecule has 0 fully saturated rings. The number of hydrogen-bond acceptors (Lipinski definition) is 5. The van der Waals surface area contributed by atoms with Gasteiger partial charge >= 0.3 is 0 Å². The second-order valence-electron chi connectivity index (χ2n) is 6.01. The zero-order valence-electron chi connectivity index (χ0n) is 16.4. The van der Waals surface area contributed by atoms with Gasteiger partial charge in [0.25, 0.3) is 5.91 Å². The molecule has 0 aliphatic rings. The van der Waals surface area contributed by atoms with Crippen molar-refractivity contribution in [2.45, 2.75) is 12.5 Å². The van der Waals surface area contributed by atoms with Crippen LogP contribution in [0.15, 0.2) is 42.5 Å². The van der Waals surface area contributed by atoms with Crippen LogP contribution in [0.2, 0.25) is 5.02 Å². The van der Waals surface area contributed by atoms with E-state index in [1.54, 1.807) is 37.4 Å². The normalized spacial score (nSPS) is 11.2. The van der Waals surface area contributed by atoms with Crippen LogP contribution in [0, 0.1) is 12.3 Å². The molecule has 2 aromatic rings. The van der Waals surface area contributed by atoms with Crippen LogP contribution in [-0.4, -0.2) is 46.0 Å². The molecule has 0 aliphatic carbocycles. The number of amides is 1. The molecule has 0 saturated carbocycles. The van der Waals surface area contributed by atoms with E-state index >= 15 is 0 Å². The molecular formula is C22H24ClNO5. The van der Waals surface area contributed by atoms with Crippen LogP contribution in [0.1, 0.15) is 5.56 Å². The molecule has 0 saturated heterocycles. The number of rotatable bonds is 11. The van der Waals surface area contributed by atoms with E-state index in [9.17, 15) is 4.79 Å². The van der Waals surface area contributed by atoms with Crippen molar-refractivity contribution in [3.05, 3.63) is 53.1 Å². The Bertz CT molecular complexity index is 832. The molecule has 29 heavy (non-hydrogen) atoms. The van der Waals surface area contributed by atoms with Crippen molar-refractivity contribution in [3.8, 4) is 29.6 Å². The highest BCUT2D eigenvalue weighted by Gasteiger charge is 2.18. The molecule has 2 rings (SSSR count). The van der Waals surface area contributed by atoms with Crippen LogP contribution in [0.25, 0.3) is 0 Å². The maximum atomic E-state index is 12.3. The minimum Gasteiger partial charge on any atom is -0.493 e. The summed E-state index contributed by atoms with van der Waals surface area (Å²) in [5.74, 6) is 3.95. The van der Waals surface area contributed by atoms with Gasteiger partial charge in [-0.2, -0.15) is 0 Å². The molecular weight excluding hydrogens is 394 g/mol. The van der Waals surface area contributed by atoms with Crippen molar-refractivity contribution >= 4 is 17.5 Å². The third kappa shape index (κ3) is 7.22. The zero-order chi connectivity index (χ0) is 21.1. The van der Waals surface area contributed by atoms with E-state index in [1.165, 1.54) is 7.11 Å². The van der Waals surface area contributed by atoms with Crippen molar-refractivity contribution in [2.75, 3.05) is 34.0 Å². The van der Waals surface area contributed by atoms with Gasteiger partial charge in [-0.15, -0.1) is 6.42 Å². The number of methoxy groups -OCH3 is 2. The fraction of sp³-hybridized carbons (Fsp3) is 0.318. The van der Waals surface area contributed by atoms with Crippen LogP contribution in [-0.2, 0) is 16.0 Å². The number of benzene rings is 2. The van der Waals surface area contributed by atoms with Crippen molar-refractivity contribution in [1.29, 1.82) is 0 Å². The lowest BCUT2D eigenvalue weighted by atomic mass is 10.1. The first-order chi connectivity index (χ1) is 14.1. The summed E-state index contributed by atoms with van der Waals surface area (Å²) in [6.07, 6.45) is 5.10. The SMILES string of the molecule is C#CCOc1ccc(CCNC(=O)[C@@H](COc2ccc(Cl)cc2)OC)cc1OC. The Labute approximate surface area is 176 Å². The van der Waals surface area contributed by atoms with Gasteiger partial charge in [0.05, 0.1) is 7.11 Å². The van der Waals surface area contributed by atoms with Crippen molar-refractivity contribution in [2.24, 2.45) is 0 Å². The summed E-state index contributed by atoms with van der Waals surface area (Å²) in [5, 5.41) is 3.47. The minimum absolute atomic E-state index is 0.0962. The molecule has 0 unspecified atom stereocenters. The average Bonchev–Trinajstić information content (AvgIpc) is 2.74. The van der Waals surface area contributed by atoms with Crippen LogP contribution >= 0.6 is 11.6 Å². The Kier molecular flexibility index (Phi) is 9.16.